The minimum absolute atomic E-state index is 0.134. The fourth-order valence-corrected chi connectivity index (χ4v) is 5.02. The molecule has 0 unspecified atom stereocenters. The van der Waals surface area contributed by atoms with Crippen LogP contribution in [0.4, 0.5) is 5.82 Å². The minimum Gasteiger partial charge on any atom is -0.383 e. The lowest BCUT2D eigenvalue weighted by molar-refractivity contribution is 0.0793. The maximum atomic E-state index is 13.2. The maximum Gasteiger partial charge on any atom is 0.254 e. The summed E-state index contributed by atoms with van der Waals surface area (Å²) in [7, 11) is 0. The van der Waals surface area contributed by atoms with Crippen LogP contribution in [0.15, 0.2) is 42.5 Å². The molecule has 0 aliphatic carbocycles. The first-order chi connectivity index (χ1) is 15.1. The predicted octanol–water partition coefficient (Wildman–Crippen LogP) is 4.92. The normalized spacial score (nSPS) is 17.4. The lowest BCUT2D eigenvalue weighted by Crippen LogP contribution is -2.28. The molecule has 2 N–H and O–H groups in total. The number of aromatic nitrogens is 1. The number of benzene rings is 2. The number of likely N-dealkylation sites (tertiary alicyclic amines) is 1. The van der Waals surface area contributed by atoms with Gasteiger partial charge in [-0.25, -0.2) is 4.98 Å². The van der Waals surface area contributed by atoms with Crippen molar-refractivity contribution in [2.24, 2.45) is 0 Å². The van der Waals surface area contributed by atoms with E-state index in [4.69, 9.17) is 15.5 Å². The zero-order valence-corrected chi connectivity index (χ0v) is 18.1. The van der Waals surface area contributed by atoms with Gasteiger partial charge in [-0.3, -0.25) is 4.79 Å². The van der Waals surface area contributed by atoms with Crippen molar-refractivity contribution in [1.29, 1.82) is 0 Å². The molecule has 2 aromatic carbocycles. The number of carbonyl (C=O) groups excluding carboxylic acids is 1. The summed E-state index contributed by atoms with van der Waals surface area (Å²) in [5.74, 6) is 1.14. The fraction of sp³-hybridized carbons (Fsp3) is 0.385. The van der Waals surface area contributed by atoms with Gasteiger partial charge in [-0.2, -0.15) is 0 Å². The molecule has 1 amide bonds. The molecule has 3 heterocycles. The number of nitrogens with two attached hydrogens (primary N) is 1. The van der Waals surface area contributed by atoms with Crippen molar-refractivity contribution in [2.75, 3.05) is 32.0 Å². The van der Waals surface area contributed by atoms with E-state index in [0.29, 0.717) is 11.7 Å². The van der Waals surface area contributed by atoms with Crippen molar-refractivity contribution < 1.29 is 9.53 Å². The topological polar surface area (TPSA) is 68.5 Å². The quantitative estimate of drug-likeness (QED) is 0.659. The Morgan fingerprint density at radius 1 is 1.10 bits per heavy atom. The first-order valence-corrected chi connectivity index (χ1v) is 11.3. The highest BCUT2D eigenvalue weighted by atomic mass is 16.5. The van der Waals surface area contributed by atoms with Crippen LogP contribution in [0.5, 0.6) is 0 Å². The van der Waals surface area contributed by atoms with Gasteiger partial charge < -0.3 is 15.4 Å². The summed E-state index contributed by atoms with van der Waals surface area (Å²) < 4.78 is 5.52. The Bertz CT molecular complexity index is 1130. The molecule has 2 aliphatic rings. The molecule has 5 heteroatoms. The number of rotatable bonds is 3. The smallest absolute Gasteiger partial charge is 0.254 e. The van der Waals surface area contributed by atoms with Crippen molar-refractivity contribution in [1.82, 2.24) is 9.88 Å². The van der Waals surface area contributed by atoms with Gasteiger partial charge in [-0.15, -0.1) is 0 Å². The molecule has 0 spiro atoms. The molecule has 0 radical (unpaired) electrons. The number of anilines is 1. The average molecular weight is 416 g/mol. The van der Waals surface area contributed by atoms with Crippen LogP contribution in [-0.4, -0.2) is 42.1 Å². The molecule has 2 saturated heterocycles. The number of nitrogen functional groups attached to an aromatic ring is 1. The molecule has 1 aromatic heterocycles. The zero-order chi connectivity index (χ0) is 21.4. The Morgan fingerprint density at radius 2 is 1.87 bits per heavy atom. The van der Waals surface area contributed by atoms with E-state index in [2.05, 4.69) is 31.2 Å². The van der Waals surface area contributed by atoms with Crippen molar-refractivity contribution in [3.8, 4) is 11.1 Å². The second kappa shape index (κ2) is 8.31. The van der Waals surface area contributed by atoms with Crippen LogP contribution >= 0.6 is 0 Å². The Kier molecular flexibility index (Phi) is 5.36. The summed E-state index contributed by atoms with van der Waals surface area (Å²) in [6.45, 7) is 5.32. The number of pyridine rings is 1. The largest absolute Gasteiger partial charge is 0.383 e. The SMILES string of the molecule is Cc1cccc(C(=O)N2CCCC2)c1-c1ccc2nc(N)c(C3CCOCC3)cc2c1. The van der Waals surface area contributed by atoms with Crippen LogP contribution in [0.3, 0.4) is 0 Å². The van der Waals surface area contributed by atoms with Crippen LogP contribution in [0.25, 0.3) is 22.0 Å². The molecule has 2 fully saturated rings. The van der Waals surface area contributed by atoms with Gasteiger partial charge in [-0.1, -0.05) is 18.2 Å². The van der Waals surface area contributed by atoms with E-state index >= 15 is 0 Å². The molecule has 5 rings (SSSR count). The number of ether oxygens (including phenoxy) is 1. The molecule has 2 aliphatic heterocycles. The number of nitrogens with zero attached hydrogens (tertiary/aromatic N) is 2. The molecule has 5 nitrogen and oxygen atoms in total. The maximum absolute atomic E-state index is 13.2. The second-order valence-corrected chi connectivity index (χ2v) is 8.75. The van der Waals surface area contributed by atoms with E-state index in [1.54, 1.807) is 0 Å². The zero-order valence-electron chi connectivity index (χ0n) is 18.1. The summed E-state index contributed by atoms with van der Waals surface area (Å²) in [6.07, 6.45) is 4.13. The highest BCUT2D eigenvalue weighted by Crippen LogP contribution is 2.35. The number of aryl methyl sites for hydroxylation is 1. The predicted molar refractivity (Wildman–Crippen MR) is 124 cm³/mol. The summed E-state index contributed by atoms with van der Waals surface area (Å²) in [5.41, 5.74) is 12.3. The van der Waals surface area contributed by atoms with E-state index in [-0.39, 0.29) is 5.91 Å². The Morgan fingerprint density at radius 3 is 2.65 bits per heavy atom. The van der Waals surface area contributed by atoms with Crippen LogP contribution < -0.4 is 5.73 Å². The molecule has 0 bridgehead atoms. The second-order valence-electron chi connectivity index (χ2n) is 8.75. The standard InChI is InChI=1S/C26H29N3O2/c1-17-5-4-6-21(26(30)29-11-2-3-12-29)24(17)19-7-8-23-20(15-19)16-22(25(27)28-23)18-9-13-31-14-10-18/h4-8,15-16,18H,2-3,9-14H2,1H3,(H2,27,28). The number of amides is 1. The van der Waals surface area contributed by atoms with E-state index in [0.717, 1.165) is 90.7 Å². The van der Waals surface area contributed by atoms with Crippen LogP contribution in [0.1, 0.15) is 53.1 Å². The third-order valence-corrected chi connectivity index (χ3v) is 6.72. The van der Waals surface area contributed by atoms with Gasteiger partial charge in [0.15, 0.2) is 0 Å². The van der Waals surface area contributed by atoms with Crippen molar-refractivity contribution >= 4 is 22.6 Å². The van der Waals surface area contributed by atoms with Gasteiger partial charge in [0, 0.05) is 37.3 Å². The average Bonchev–Trinajstić information content (AvgIpc) is 3.33. The first-order valence-electron chi connectivity index (χ1n) is 11.3. The summed E-state index contributed by atoms with van der Waals surface area (Å²) in [6, 6.07) is 14.5. The Balaban J connectivity index is 1.59. The van der Waals surface area contributed by atoms with Gasteiger partial charge in [0.05, 0.1) is 5.52 Å². The third kappa shape index (κ3) is 3.79. The van der Waals surface area contributed by atoms with Gasteiger partial charge in [0.25, 0.3) is 5.91 Å². The van der Waals surface area contributed by atoms with Gasteiger partial charge >= 0.3 is 0 Å². The molecule has 3 aromatic rings. The van der Waals surface area contributed by atoms with E-state index in [1.165, 1.54) is 0 Å². The molecular weight excluding hydrogens is 386 g/mol. The molecule has 31 heavy (non-hydrogen) atoms. The molecule has 0 atom stereocenters. The van der Waals surface area contributed by atoms with Crippen LogP contribution in [0, 0.1) is 6.92 Å². The highest BCUT2D eigenvalue weighted by Gasteiger charge is 2.24. The van der Waals surface area contributed by atoms with E-state index in [1.807, 2.05) is 23.1 Å². The van der Waals surface area contributed by atoms with Crippen molar-refractivity contribution in [2.45, 2.75) is 38.5 Å². The van der Waals surface area contributed by atoms with Crippen LogP contribution in [0.2, 0.25) is 0 Å². The van der Waals surface area contributed by atoms with Gasteiger partial charge in [0.1, 0.15) is 5.82 Å². The molecule has 160 valence electrons. The molecular formula is C26H29N3O2. The van der Waals surface area contributed by atoms with E-state index in [9.17, 15) is 4.79 Å². The number of fused-ring (bicyclic) bond motifs is 1. The monoisotopic (exact) mass is 415 g/mol. The Hall–Kier alpha value is -2.92. The van der Waals surface area contributed by atoms with E-state index < -0.39 is 0 Å². The van der Waals surface area contributed by atoms with Crippen LogP contribution in [-0.2, 0) is 4.74 Å². The van der Waals surface area contributed by atoms with Gasteiger partial charge in [0.2, 0.25) is 0 Å². The summed E-state index contributed by atoms with van der Waals surface area (Å²) in [4.78, 5) is 19.9. The number of carbonyl (C=O) groups is 1. The lowest BCUT2D eigenvalue weighted by atomic mass is 9.90. The van der Waals surface area contributed by atoms with Gasteiger partial charge in [-0.05, 0) is 85.0 Å². The lowest BCUT2D eigenvalue weighted by Gasteiger charge is -2.23. The number of hydrogen-bond donors (Lipinski definition) is 1. The highest BCUT2D eigenvalue weighted by molar-refractivity contribution is 6.02. The Labute approximate surface area is 183 Å². The number of hydrogen-bond acceptors (Lipinski definition) is 4. The van der Waals surface area contributed by atoms with Crippen molar-refractivity contribution in [3.05, 3.63) is 59.2 Å². The molecule has 0 saturated carbocycles. The first kappa shape index (κ1) is 20.0. The van der Waals surface area contributed by atoms with Crippen molar-refractivity contribution in [3.63, 3.8) is 0 Å². The summed E-state index contributed by atoms with van der Waals surface area (Å²) in [5, 5.41) is 1.07. The fourth-order valence-electron chi connectivity index (χ4n) is 5.02. The third-order valence-electron chi connectivity index (χ3n) is 6.72. The minimum atomic E-state index is 0.134. The summed E-state index contributed by atoms with van der Waals surface area (Å²) >= 11 is 0.